The van der Waals surface area contributed by atoms with Crippen LogP contribution in [0, 0.1) is 0 Å². The van der Waals surface area contributed by atoms with Gasteiger partial charge in [0, 0.05) is 18.0 Å². The minimum atomic E-state index is -0.835. The third-order valence-electron chi connectivity index (χ3n) is 2.00. The van der Waals surface area contributed by atoms with E-state index < -0.39 is 12.2 Å². The van der Waals surface area contributed by atoms with E-state index in [1.54, 1.807) is 30.6 Å². The predicted octanol–water partition coefficient (Wildman–Crippen LogP) is 0.503. The van der Waals surface area contributed by atoms with Crippen LogP contribution in [0.3, 0.4) is 0 Å². The second-order valence-electron chi connectivity index (χ2n) is 2.80. The fourth-order valence-electron chi connectivity index (χ4n) is 1.31. The highest BCUT2D eigenvalue weighted by atomic mass is 16.3. The maximum Gasteiger partial charge on any atom is 0.111 e. The summed E-state index contributed by atoms with van der Waals surface area (Å²) in [5.41, 5.74) is 1.61. The first-order valence-electron chi connectivity index (χ1n) is 3.77. The topological polar surface area (TPSA) is 53.4 Å². The molecule has 12 heavy (non-hydrogen) atoms. The number of nitrogens with zero attached hydrogens (tertiary/aromatic N) is 1. The van der Waals surface area contributed by atoms with E-state index in [1.165, 1.54) is 0 Å². The van der Waals surface area contributed by atoms with Crippen LogP contribution in [-0.4, -0.2) is 21.3 Å². The monoisotopic (exact) mass is 163 g/mol. The third-order valence-corrected chi connectivity index (χ3v) is 2.00. The first-order chi connectivity index (χ1) is 5.79. The molecule has 0 fully saturated rings. The molecule has 1 aromatic rings. The van der Waals surface area contributed by atoms with Gasteiger partial charge in [0.2, 0.25) is 0 Å². The zero-order chi connectivity index (χ0) is 8.55. The Morgan fingerprint density at radius 3 is 3.00 bits per heavy atom. The molecule has 0 radical (unpaired) electrons. The van der Waals surface area contributed by atoms with Crippen molar-refractivity contribution in [1.82, 2.24) is 4.98 Å². The summed E-state index contributed by atoms with van der Waals surface area (Å²) in [4.78, 5) is 3.88. The Kier molecular flexibility index (Phi) is 1.67. The second-order valence-corrected chi connectivity index (χ2v) is 2.80. The molecular weight excluding hydrogens is 154 g/mol. The first kappa shape index (κ1) is 7.46. The number of aliphatic hydroxyl groups excluding tert-OH is 2. The minimum Gasteiger partial charge on any atom is -0.386 e. The predicted molar refractivity (Wildman–Crippen MR) is 44.2 cm³/mol. The highest BCUT2D eigenvalue weighted by molar-refractivity contribution is 5.57. The highest BCUT2D eigenvalue weighted by Crippen LogP contribution is 2.26. The van der Waals surface area contributed by atoms with Crippen molar-refractivity contribution in [3.8, 4) is 0 Å². The molecule has 0 amide bonds. The molecular formula is C9H9NO2. The Bertz CT molecular complexity index is 322. The SMILES string of the molecule is O[C@@H]1C=Cc2ccncc2[C@@H]1O. The van der Waals surface area contributed by atoms with Gasteiger partial charge < -0.3 is 10.2 Å². The molecule has 0 aliphatic heterocycles. The van der Waals surface area contributed by atoms with Gasteiger partial charge in [-0.3, -0.25) is 4.98 Å². The number of aromatic nitrogens is 1. The Morgan fingerprint density at radius 2 is 2.17 bits per heavy atom. The van der Waals surface area contributed by atoms with Crippen molar-refractivity contribution in [3.63, 3.8) is 0 Å². The van der Waals surface area contributed by atoms with Crippen LogP contribution < -0.4 is 0 Å². The quantitative estimate of drug-likeness (QED) is 0.585. The van der Waals surface area contributed by atoms with Gasteiger partial charge >= 0.3 is 0 Å². The van der Waals surface area contributed by atoms with E-state index in [0.717, 1.165) is 5.56 Å². The highest BCUT2D eigenvalue weighted by Gasteiger charge is 2.21. The number of hydrogen-bond donors (Lipinski definition) is 2. The molecule has 2 rings (SSSR count). The maximum atomic E-state index is 9.49. The molecule has 2 atom stereocenters. The van der Waals surface area contributed by atoms with Gasteiger partial charge in [-0.05, 0) is 11.6 Å². The van der Waals surface area contributed by atoms with Gasteiger partial charge in [-0.25, -0.2) is 0 Å². The lowest BCUT2D eigenvalue weighted by Crippen LogP contribution is -2.19. The fraction of sp³-hybridized carbons (Fsp3) is 0.222. The number of hydrogen-bond acceptors (Lipinski definition) is 3. The van der Waals surface area contributed by atoms with Crippen LogP contribution >= 0.6 is 0 Å². The molecule has 0 bridgehead atoms. The smallest absolute Gasteiger partial charge is 0.111 e. The van der Waals surface area contributed by atoms with Crippen molar-refractivity contribution in [1.29, 1.82) is 0 Å². The number of rotatable bonds is 0. The Hall–Kier alpha value is -1.19. The summed E-state index contributed by atoms with van der Waals surface area (Å²) in [6.45, 7) is 0. The normalized spacial score (nSPS) is 26.8. The number of aliphatic hydroxyl groups is 2. The number of pyridine rings is 1. The van der Waals surface area contributed by atoms with Gasteiger partial charge in [-0.1, -0.05) is 12.2 Å². The average Bonchev–Trinajstić information content (AvgIpc) is 2.12. The molecule has 62 valence electrons. The molecule has 1 aromatic heterocycles. The molecule has 3 heteroatoms. The summed E-state index contributed by atoms with van der Waals surface area (Å²) in [6.07, 6.45) is 4.96. The van der Waals surface area contributed by atoms with Crippen molar-refractivity contribution in [2.24, 2.45) is 0 Å². The Labute approximate surface area is 70.0 Å². The number of fused-ring (bicyclic) bond motifs is 1. The van der Waals surface area contributed by atoms with Crippen molar-refractivity contribution in [2.45, 2.75) is 12.2 Å². The Balaban J connectivity index is 2.52. The van der Waals surface area contributed by atoms with Crippen LogP contribution in [-0.2, 0) is 0 Å². The lowest BCUT2D eigenvalue weighted by molar-refractivity contribution is 0.0468. The minimum absolute atomic E-state index is 0.688. The zero-order valence-corrected chi connectivity index (χ0v) is 6.38. The van der Waals surface area contributed by atoms with E-state index in [1.807, 2.05) is 0 Å². The van der Waals surface area contributed by atoms with Gasteiger partial charge in [0.15, 0.2) is 0 Å². The molecule has 0 saturated carbocycles. The summed E-state index contributed by atoms with van der Waals surface area (Å²) < 4.78 is 0. The molecule has 1 heterocycles. The average molecular weight is 163 g/mol. The van der Waals surface area contributed by atoms with E-state index in [-0.39, 0.29) is 0 Å². The largest absolute Gasteiger partial charge is 0.386 e. The summed E-state index contributed by atoms with van der Waals surface area (Å²) in [5, 5.41) is 18.7. The fourth-order valence-corrected chi connectivity index (χ4v) is 1.31. The summed E-state index contributed by atoms with van der Waals surface area (Å²) in [6, 6.07) is 1.81. The van der Waals surface area contributed by atoms with Crippen molar-refractivity contribution >= 4 is 6.08 Å². The first-order valence-corrected chi connectivity index (χ1v) is 3.77. The van der Waals surface area contributed by atoms with Gasteiger partial charge in [0.25, 0.3) is 0 Å². The second kappa shape index (κ2) is 2.69. The van der Waals surface area contributed by atoms with Crippen LogP contribution in [0.25, 0.3) is 6.08 Å². The maximum absolute atomic E-state index is 9.49. The zero-order valence-electron chi connectivity index (χ0n) is 6.38. The van der Waals surface area contributed by atoms with E-state index in [2.05, 4.69) is 4.98 Å². The summed E-state index contributed by atoms with van der Waals surface area (Å²) in [5.74, 6) is 0. The molecule has 0 saturated heterocycles. The van der Waals surface area contributed by atoms with Crippen molar-refractivity contribution in [3.05, 3.63) is 35.7 Å². The van der Waals surface area contributed by atoms with E-state index >= 15 is 0 Å². The molecule has 1 aliphatic rings. The summed E-state index contributed by atoms with van der Waals surface area (Å²) in [7, 11) is 0. The van der Waals surface area contributed by atoms with Crippen molar-refractivity contribution < 1.29 is 10.2 Å². The lowest BCUT2D eigenvalue weighted by atomic mass is 9.95. The van der Waals surface area contributed by atoms with Crippen LogP contribution in [0.2, 0.25) is 0 Å². The Morgan fingerprint density at radius 1 is 1.33 bits per heavy atom. The van der Waals surface area contributed by atoms with E-state index in [0.29, 0.717) is 5.56 Å². The molecule has 2 N–H and O–H groups in total. The van der Waals surface area contributed by atoms with Gasteiger partial charge in [-0.2, -0.15) is 0 Å². The van der Waals surface area contributed by atoms with Crippen LogP contribution in [0.1, 0.15) is 17.2 Å². The van der Waals surface area contributed by atoms with Crippen LogP contribution in [0.15, 0.2) is 24.5 Å². The summed E-state index contributed by atoms with van der Waals surface area (Å²) >= 11 is 0. The van der Waals surface area contributed by atoms with Crippen LogP contribution in [0.5, 0.6) is 0 Å². The van der Waals surface area contributed by atoms with E-state index in [9.17, 15) is 10.2 Å². The molecule has 3 nitrogen and oxygen atoms in total. The van der Waals surface area contributed by atoms with Crippen LogP contribution in [0.4, 0.5) is 0 Å². The third kappa shape index (κ3) is 1.03. The molecule has 1 aliphatic carbocycles. The van der Waals surface area contributed by atoms with Gasteiger partial charge in [-0.15, -0.1) is 0 Å². The standard InChI is InChI=1S/C9H9NO2/c11-8-2-1-6-3-4-10-5-7(6)9(8)12/h1-5,8-9,11-12H/t8-,9+/m1/s1. The molecule has 0 unspecified atom stereocenters. The molecule has 0 spiro atoms. The lowest BCUT2D eigenvalue weighted by Gasteiger charge is -2.20. The van der Waals surface area contributed by atoms with Gasteiger partial charge in [0.1, 0.15) is 12.2 Å². The van der Waals surface area contributed by atoms with Crippen molar-refractivity contribution in [2.75, 3.05) is 0 Å². The van der Waals surface area contributed by atoms with Gasteiger partial charge in [0.05, 0.1) is 0 Å². The van der Waals surface area contributed by atoms with E-state index in [4.69, 9.17) is 0 Å². The molecule has 0 aromatic carbocycles.